The van der Waals surface area contributed by atoms with Crippen LogP contribution in [0.4, 0.5) is 5.95 Å². The number of hydrogen-bond donors (Lipinski definition) is 0. The van der Waals surface area contributed by atoms with Crippen molar-refractivity contribution in [3.63, 3.8) is 0 Å². The lowest BCUT2D eigenvalue weighted by molar-refractivity contribution is -0.160. The number of piperazine rings is 1. The van der Waals surface area contributed by atoms with E-state index < -0.39 is 6.10 Å². The molecule has 0 N–H and O–H groups in total. The number of amides is 2. The van der Waals surface area contributed by atoms with E-state index in [1.165, 1.54) is 11.3 Å². The van der Waals surface area contributed by atoms with Crippen molar-refractivity contribution in [1.82, 2.24) is 19.8 Å². The molecule has 2 saturated carbocycles. The van der Waals surface area contributed by atoms with Gasteiger partial charge in [-0.15, -0.1) is 0 Å². The average Bonchev–Trinajstić information content (AvgIpc) is 3.15. The van der Waals surface area contributed by atoms with E-state index >= 15 is 0 Å². The highest BCUT2D eigenvalue weighted by atomic mass is 16.5. The molecule has 1 unspecified atom stereocenters. The third-order valence-electron chi connectivity index (χ3n) is 8.21. The van der Waals surface area contributed by atoms with Crippen LogP contribution in [-0.2, 0) is 19.1 Å². The van der Waals surface area contributed by atoms with Gasteiger partial charge in [0.05, 0.1) is 24.3 Å². The molecule has 2 aliphatic carbocycles. The predicted molar refractivity (Wildman–Crippen MR) is 129 cm³/mol. The van der Waals surface area contributed by atoms with Crippen LogP contribution in [0.25, 0.3) is 0 Å². The summed E-state index contributed by atoms with van der Waals surface area (Å²) >= 11 is 0. The highest BCUT2D eigenvalue weighted by molar-refractivity contribution is 6.05. The van der Waals surface area contributed by atoms with Crippen LogP contribution in [0.5, 0.6) is 0 Å². The lowest BCUT2D eigenvalue weighted by Crippen LogP contribution is -2.52. The first-order valence-electron chi connectivity index (χ1n) is 13.4. The lowest BCUT2D eigenvalue weighted by Gasteiger charge is -2.37. The number of esters is 1. The second-order valence-electron chi connectivity index (χ2n) is 10.5. The third-order valence-corrected chi connectivity index (χ3v) is 8.21. The van der Waals surface area contributed by atoms with Gasteiger partial charge in [-0.25, -0.2) is 9.97 Å². The summed E-state index contributed by atoms with van der Waals surface area (Å²) in [5, 5.41) is 0. The fourth-order valence-electron chi connectivity index (χ4n) is 6.22. The van der Waals surface area contributed by atoms with Crippen LogP contribution in [0.1, 0.15) is 57.8 Å². The summed E-state index contributed by atoms with van der Waals surface area (Å²) in [5.74, 6) is 0.00589. The van der Waals surface area contributed by atoms with Crippen LogP contribution in [-0.4, -0.2) is 82.9 Å². The van der Waals surface area contributed by atoms with Crippen LogP contribution in [0.2, 0.25) is 0 Å². The molecular formula is C26H37N5O4. The second-order valence-corrected chi connectivity index (χ2v) is 10.5. The Morgan fingerprint density at radius 3 is 2.09 bits per heavy atom. The van der Waals surface area contributed by atoms with Gasteiger partial charge in [0.25, 0.3) is 0 Å². The number of hydrogen-bond acceptors (Lipinski definition) is 8. The van der Waals surface area contributed by atoms with Crippen LogP contribution < -0.4 is 4.90 Å². The van der Waals surface area contributed by atoms with Gasteiger partial charge >= 0.3 is 5.97 Å². The van der Waals surface area contributed by atoms with Gasteiger partial charge in [-0.05, 0) is 31.7 Å². The van der Waals surface area contributed by atoms with Crippen molar-refractivity contribution in [2.45, 2.75) is 63.9 Å². The first-order valence-corrected chi connectivity index (χ1v) is 13.4. The van der Waals surface area contributed by atoms with Gasteiger partial charge in [0.1, 0.15) is 6.10 Å². The van der Waals surface area contributed by atoms with Crippen LogP contribution in [0, 0.1) is 17.8 Å². The molecule has 4 aliphatic rings. The minimum absolute atomic E-state index is 0.0640. The van der Waals surface area contributed by atoms with Gasteiger partial charge in [-0.1, -0.05) is 32.1 Å². The molecule has 9 heteroatoms. The topological polar surface area (TPSA) is 95.9 Å². The minimum atomic E-state index is -0.503. The molecule has 4 fully saturated rings. The molecule has 0 bridgehead atoms. The van der Waals surface area contributed by atoms with E-state index in [-0.39, 0.29) is 42.1 Å². The number of rotatable bonds is 7. The van der Waals surface area contributed by atoms with E-state index in [1.54, 1.807) is 12.4 Å². The van der Waals surface area contributed by atoms with Crippen molar-refractivity contribution in [1.29, 1.82) is 0 Å². The molecule has 5 rings (SSSR count). The molecule has 0 spiro atoms. The number of likely N-dealkylation sites (tertiary alicyclic amines) is 1. The number of aromatic nitrogens is 2. The quantitative estimate of drug-likeness (QED) is 0.431. The monoisotopic (exact) mass is 483 g/mol. The Morgan fingerprint density at radius 2 is 1.46 bits per heavy atom. The fourth-order valence-corrected chi connectivity index (χ4v) is 6.22. The Balaban J connectivity index is 1.24. The highest BCUT2D eigenvalue weighted by Crippen LogP contribution is 2.38. The van der Waals surface area contributed by atoms with Gasteiger partial charge in [0.15, 0.2) is 0 Å². The van der Waals surface area contributed by atoms with Crippen molar-refractivity contribution >= 4 is 23.7 Å². The van der Waals surface area contributed by atoms with Gasteiger partial charge in [0, 0.05) is 45.1 Å². The number of imide groups is 1. The highest BCUT2D eigenvalue weighted by Gasteiger charge is 2.49. The van der Waals surface area contributed by atoms with Gasteiger partial charge in [-0.3, -0.25) is 24.2 Å². The summed E-state index contributed by atoms with van der Waals surface area (Å²) in [7, 11) is 0. The molecule has 2 amide bonds. The molecule has 9 nitrogen and oxygen atoms in total. The number of nitrogens with zero attached hydrogens (tertiary/aromatic N) is 5. The lowest BCUT2D eigenvalue weighted by atomic mass is 9.81. The predicted octanol–water partition coefficient (Wildman–Crippen LogP) is 2.27. The average molecular weight is 484 g/mol. The number of fused-ring (bicyclic) bond motifs is 1. The van der Waals surface area contributed by atoms with Crippen molar-refractivity contribution < 1.29 is 19.1 Å². The zero-order valence-corrected chi connectivity index (χ0v) is 20.5. The first kappa shape index (κ1) is 24.2. The molecule has 0 aromatic carbocycles. The molecule has 3 heterocycles. The smallest absolute Gasteiger partial charge is 0.309 e. The van der Waals surface area contributed by atoms with Crippen molar-refractivity contribution in [2.24, 2.45) is 17.8 Å². The molecule has 1 aromatic heterocycles. The van der Waals surface area contributed by atoms with Crippen molar-refractivity contribution in [3.8, 4) is 0 Å². The van der Waals surface area contributed by atoms with Crippen molar-refractivity contribution in [2.75, 3.05) is 44.2 Å². The van der Waals surface area contributed by atoms with Crippen LogP contribution in [0.3, 0.4) is 0 Å². The largest absolute Gasteiger partial charge is 0.459 e. The Kier molecular flexibility index (Phi) is 7.60. The Bertz CT molecular complexity index is 874. The Morgan fingerprint density at radius 1 is 0.857 bits per heavy atom. The van der Waals surface area contributed by atoms with E-state index in [9.17, 15) is 14.4 Å². The van der Waals surface area contributed by atoms with Crippen LogP contribution >= 0.6 is 0 Å². The standard InChI is InChI=1S/C26H37N5O4/c32-23-21-9-4-5-10-22(21)24(33)31(23)18-20(35-25(34)19-7-2-1-3-8-19)17-29-13-15-30(16-14-29)26-27-11-6-12-28-26/h6,11-12,19-22H,1-5,7-10,13-18H2/t20?,21-,22+. The normalized spacial score (nSPS) is 27.1. The maximum atomic E-state index is 13.1. The molecule has 2 saturated heterocycles. The van der Waals surface area contributed by atoms with E-state index in [4.69, 9.17) is 4.74 Å². The SMILES string of the molecule is O=C(OC(CN1CCN(c2ncccn2)CC1)CN1C(=O)[C@H]2CCCC[C@H]2C1=O)C1CCCCC1. The summed E-state index contributed by atoms with van der Waals surface area (Å²) in [6, 6.07) is 1.81. The first-order chi connectivity index (χ1) is 17.1. The molecule has 1 aromatic rings. The van der Waals surface area contributed by atoms with E-state index in [0.29, 0.717) is 6.54 Å². The Hall–Kier alpha value is -2.55. The molecule has 190 valence electrons. The van der Waals surface area contributed by atoms with Gasteiger partial charge < -0.3 is 9.64 Å². The fraction of sp³-hybridized carbons (Fsp3) is 0.731. The third kappa shape index (κ3) is 5.50. The molecule has 35 heavy (non-hydrogen) atoms. The molecule has 3 atom stereocenters. The number of ether oxygens (including phenoxy) is 1. The summed E-state index contributed by atoms with van der Waals surface area (Å²) in [6.07, 6.45) is 11.6. The van der Waals surface area contributed by atoms with Crippen LogP contribution in [0.15, 0.2) is 18.5 Å². The van der Waals surface area contributed by atoms with E-state index in [2.05, 4.69) is 19.8 Å². The zero-order chi connectivity index (χ0) is 24.2. The maximum Gasteiger partial charge on any atom is 0.309 e. The number of carbonyl (C=O) groups excluding carboxylic acids is 3. The summed E-state index contributed by atoms with van der Waals surface area (Å²) in [5.41, 5.74) is 0. The zero-order valence-electron chi connectivity index (χ0n) is 20.5. The summed E-state index contributed by atoms with van der Waals surface area (Å²) in [6.45, 7) is 3.81. The van der Waals surface area contributed by atoms with Gasteiger partial charge in [-0.2, -0.15) is 0 Å². The summed E-state index contributed by atoms with van der Waals surface area (Å²) in [4.78, 5) is 53.7. The van der Waals surface area contributed by atoms with E-state index in [1.807, 2.05) is 6.07 Å². The Labute approximate surface area is 207 Å². The number of anilines is 1. The second kappa shape index (κ2) is 11.0. The molecular weight excluding hydrogens is 446 g/mol. The minimum Gasteiger partial charge on any atom is -0.459 e. The van der Waals surface area contributed by atoms with E-state index in [0.717, 1.165) is 83.5 Å². The molecule has 2 aliphatic heterocycles. The molecule has 0 radical (unpaired) electrons. The van der Waals surface area contributed by atoms with Crippen molar-refractivity contribution in [3.05, 3.63) is 18.5 Å². The maximum absolute atomic E-state index is 13.1. The van der Waals surface area contributed by atoms with Gasteiger partial charge in [0.2, 0.25) is 17.8 Å². The number of carbonyl (C=O) groups is 3. The summed E-state index contributed by atoms with van der Waals surface area (Å²) < 4.78 is 6.05.